The van der Waals surface area contributed by atoms with E-state index in [1.807, 2.05) is 42.5 Å². The number of carbonyl (C=O) groups is 1. The number of hydrogen-bond donors (Lipinski definition) is 1. The summed E-state index contributed by atoms with van der Waals surface area (Å²) < 4.78 is 14.0. The fraction of sp³-hybridized carbons (Fsp3) is 0.269. The molecule has 1 saturated heterocycles. The molecule has 1 aliphatic heterocycles. The van der Waals surface area contributed by atoms with Crippen molar-refractivity contribution in [2.24, 2.45) is 5.92 Å². The van der Waals surface area contributed by atoms with Gasteiger partial charge in [-0.2, -0.15) is 5.10 Å². The maximum atomic E-state index is 14.0. The van der Waals surface area contributed by atoms with E-state index < -0.39 is 0 Å². The zero-order valence-electron chi connectivity index (χ0n) is 17.8. The number of aromatic nitrogens is 3. The van der Waals surface area contributed by atoms with Gasteiger partial charge in [0.05, 0.1) is 5.52 Å². The van der Waals surface area contributed by atoms with Crippen LogP contribution in [0.5, 0.6) is 0 Å². The number of nitrogens with zero attached hydrogens (tertiary/aromatic N) is 3. The lowest BCUT2D eigenvalue weighted by molar-refractivity contribution is 0.0912. The predicted octanol–water partition coefficient (Wildman–Crippen LogP) is 5.25. The second-order valence-electron chi connectivity index (χ2n) is 8.53. The van der Waals surface area contributed by atoms with Crippen molar-refractivity contribution in [1.82, 2.24) is 20.1 Å². The van der Waals surface area contributed by atoms with Gasteiger partial charge in [0.25, 0.3) is 0 Å². The average Bonchev–Trinajstić information content (AvgIpc) is 3.25. The number of H-pyrrole nitrogens is 1. The number of benzene rings is 2. The highest BCUT2D eigenvalue weighted by Gasteiger charge is 2.24. The topological polar surface area (TPSA) is 61.9 Å². The summed E-state index contributed by atoms with van der Waals surface area (Å²) in [5, 5.41) is 8.42. The minimum Gasteiger partial charge on any atom is -0.299 e. The number of Topliss-reactive ketones (excluding diaryl/α,β-unsaturated/α-hetero) is 1. The second kappa shape index (κ2) is 9.01. The van der Waals surface area contributed by atoms with E-state index in [-0.39, 0.29) is 17.5 Å². The molecule has 1 N–H and O–H groups in total. The van der Waals surface area contributed by atoms with Crippen LogP contribution in [0.3, 0.4) is 0 Å². The van der Waals surface area contributed by atoms with Crippen LogP contribution in [-0.2, 0) is 6.54 Å². The minimum atomic E-state index is -0.163. The maximum absolute atomic E-state index is 14.0. The number of likely N-dealkylation sites (tertiary alicyclic amines) is 1. The molecule has 5 rings (SSSR count). The minimum absolute atomic E-state index is 0.145. The number of aromatic amines is 1. The fourth-order valence-electron chi connectivity index (χ4n) is 4.63. The molecule has 1 atom stereocenters. The van der Waals surface area contributed by atoms with Crippen LogP contribution in [0.1, 0.15) is 35.2 Å². The van der Waals surface area contributed by atoms with Crippen molar-refractivity contribution in [2.75, 3.05) is 13.1 Å². The van der Waals surface area contributed by atoms with Gasteiger partial charge in [-0.05, 0) is 61.7 Å². The zero-order chi connectivity index (χ0) is 21.9. The molecule has 162 valence electrons. The number of carbonyl (C=O) groups excluding carboxylic acids is 1. The van der Waals surface area contributed by atoms with Gasteiger partial charge >= 0.3 is 0 Å². The monoisotopic (exact) mass is 428 g/mol. The molecule has 3 heterocycles. The van der Waals surface area contributed by atoms with Crippen molar-refractivity contribution in [1.29, 1.82) is 0 Å². The molecule has 1 fully saturated rings. The van der Waals surface area contributed by atoms with E-state index in [1.165, 1.54) is 6.07 Å². The van der Waals surface area contributed by atoms with E-state index in [0.29, 0.717) is 24.1 Å². The summed E-state index contributed by atoms with van der Waals surface area (Å²) in [4.78, 5) is 19.5. The summed E-state index contributed by atoms with van der Waals surface area (Å²) in [7, 11) is 0. The number of rotatable bonds is 6. The van der Waals surface area contributed by atoms with Crippen molar-refractivity contribution in [2.45, 2.75) is 25.8 Å². The molecule has 0 bridgehead atoms. The second-order valence-corrected chi connectivity index (χ2v) is 8.53. The first kappa shape index (κ1) is 20.5. The molecule has 0 spiro atoms. The molecule has 0 radical (unpaired) electrons. The van der Waals surface area contributed by atoms with Gasteiger partial charge in [0.1, 0.15) is 11.5 Å². The smallest absolute Gasteiger partial charge is 0.163 e. The summed E-state index contributed by atoms with van der Waals surface area (Å²) in [5.41, 5.74) is 4.12. The molecule has 0 saturated carbocycles. The first-order chi connectivity index (χ1) is 15.7. The van der Waals surface area contributed by atoms with Gasteiger partial charge in [-0.15, -0.1) is 0 Å². The summed E-state index contributed by atoms with van der Waals surface area (Å²) in [6.07, 6.45) is 6.03. The number of hydrogen-bond acceptors (Lipinski definition) is 4. The number of piperidine rings is 1. The van der Waals surface area contributed by atoms with Gasteiger partial charge < -0.3 is 0 Å². The number of halogens is 1. The lowest BCUT2D eigenvalue weighted by Crippen LogP contribution is -2.36. The number of pyridine rings is 1. The Labute approximate surface area is 186 Å². The van der Waals surface area contributed by atoms with Crippen molar-refractivity contribution < 1.29 is 9.18 Å². The van der Waals surface area contributed by atoms with E-state index in [4.69, 9.17) is 0 Å². The van der Waals surface area contributed by atoms with Crippen molar-refractivity contribution in [3.63, 3.8) is 0 Å². The van der Waals surface area contributed by atoms with Crippen molar-refractivity contribution >= 4 is 16.7 Å². The van der Waals surface area contributed by atoms with Crippen LogP contribution in [0.2, 0.25) is 0 Å². The summed E-state index contributed by atoms with van der Waals surface area (Å²) in [6.45, 7) is 2.35. The number of nitrogens with one attached hydrogen (secondary N) is 1. The molecule has 2 aromatic carbocycles. The average molecular weight is 429 g/mol. The van der Waals surface area contributed by atoms with E-state index in [2.05, 4.69) is 20.1 Å². The molecule has 1 aliphatic rings. The van der Waals surface area contributed by atoms with Crippen LogP contribution in [-0.4, -0.2) is 39.0 Å². The summed E-state index contributed by atoms with van der Waals surface area (Å²) >= 11 is 0. The number of fused-ring (bicyclic) bond motifs is 1. The highest BCUT2D eigenvalue weighted by Crippen LogP contribution is 2.28. The molecule has 0 amide bonds. The Kier molecular flexibility index (Phi) is 5.77. The SMILES string of the molecule is O=C(C[C@H]1CCCN(Cc2ccccc2F)C1)c1ccc2[nH]nc(-c3ccncc3)c2c1. The lowest BCUT2D eigenvalue weighted by Gasteiger charge is -2.32. The highest BCUT2D eigenvalue weighted by molar-refractivity contribution is 6.02. The molecule has 6 heteroatoms. The van der Waals surface area contributed by atoms with E-state index in [1.54, 1.807) is 18.5 Å². The Morgan fingerprint density at radius 1 is 1.12 bits per heavy atom. The van der Waals surface area contributed by atoms with Crippen LogP contribution >= 0.6 is 0 Å². The molecule has 32 heavy (non-hydrogen) atoms. The molecular formula is C26H25FN4O. The van der Waals surface area contributed by atoms with E-state index in [9.17, 15) is 9.18 Å². The highest BCUT2D eigenvalue weighted by atomic mass is 19.1. The van der Waals surface area contributed by atoms with Crippen LogP contribution in [0.4, 0.5) is 4.39 Å². The van der Waals surface area contributed by atoms with E-state index >= 15 is 0 Å². The Balaban J connectivity index is 1.30. The largest absolute Gasteiger partial charge is 0.299 e. The molecular weight excluding hydrogens is 403 g/mol. The van der Waals surface area contributed by atoms with Crippen LogP contribution in [0, 0.1) is 11.7 Å². The molecule has 0 unspecified atom stereocenters. The standard InChI is InChI=1S/C26H25FN4O/c27-23-6-2-1-5-21(23)17-31-13-3-4-18(16-31)14-25(32)20-7-8-24-22(15-20)26(30-29-24)19-9-11-28-12-10-19/h1-2,5-12,15,18H,3-4,13-14,16-17H2,(H,29,30)/t18-/m1/s1. The van der Waals surface area contributed by atoms with Gasteiger partial charge in [0.2, 0.25) is 0 Å². The van der Waals surface area contributed by atoms with Gasteiger partial charge in [0.15, 0.2) is 5.78 Å². The van der Waals surface area contributed by atoms with Gasteiger partial charge in [-0.25, -0.2) is 4.39 Å². The summed E-state index contributed by atoms with van der Waals surface area (Å²) in [5.74, 6) is 0.262. The van der Waals surface area contributed by atoms with Crippen LogP contribution in [0.25, 0.3) is 22.2 Å². The third-order valence-corrected chi connectivity index (χ3v) is 6.27. The normalized spacial score (nSPS) is 17.0. The Hall–Kier alpha value is -3.38. The van der Waals surface area contributed by atoms with Crippen molar-refractivity contribution in [3.8, 4) is 11.3 Å². The van der Waals surface area contributed by atoms with Gasteiger partial charge in [0, 0.05) is 54.0 Å². The van der Waals surface area contributed by atoms with Crippen molar-refractivity contribution in [3.05, 3.63) is 83.9 Å². The van der Waals surface area contributed by atoms with Crippen LogP contribution < -0.4 is 0 Å². The first-order valence-corrected chi connectivity index (χ1v) is 11.0. The van der Waals surface area contributed by atoms with Gasteiger partial charge in [-0.3, -0.25) is 19.8 Å². The summed E-state index contributed by atoms with van der Waals surface area (Å²) in [6, 6.07) is 16.5. The Morgan fingerprint density at radius 3 is 2.81 bits per heavy atom. The Morgan fingerprint density at radius 2 is 1.97 bits per heavy atom. The molecule has 4 aromatic rings. The first-order valence-electron chi connectivity index (χ1n) is 11.0. The predicted molar refractivity (Wildman–Crippen MR) is 123 cm³/mol. The lowest BCUT2D eigenvalue weighted by atomic mass is 9.90. The molecule has 2 aromatic heterocycles. The maximum Gasteiger partial charge on any atom is 0.163 e. The quantitative estimate of drug-likeness (QED) is 0.426. The third-order valence-electron chi connectivity index (χ3n) is 6.27. The van der Waals surface area contributed by atoms with Gasteiger partial charge in [-0.1, -0.05) is 18.2 Å². The molecule has 0 aliphatic carbocycles. The fourth-order valence-corrected chi connectivity index (χ4v) is 4.63. The van der Waals surface area contributed by atoms with Crippen LogP contribution in [0.15, 0.2) is 67.0 Å². The third kappa shape index (κ3) is 4.32. The molecule has 5 nitrogen and oxygen atoms in total. The zero-order valence-corrected chi connectivity index (χ0v) is 17.8. The Bertz CT molecular complexity index is 1240. The number of ketones is 1. The van der Waals surface area contributed by atoms with E-state index in [0.717, 1.165) is 48.1 Å².